The second-order valence-corrected chi connectivity index (χ2v) is 9.07. The maximum Gasteiger partial charge on any atom is 0.315 e. The monoisotopic (exact) mass is 406 g/mol. The van der Waals surface area contributed by atoms with E-state index < -0.39 is 0 Å². The number of rotatable bonds is 7. The number of ether oxygens (including phenoxy) is 1. The van der Waals surface area contributed by atoms with E-state index in [0.717, 1.165) is 41.0 Å². The van der Waals surface area contributed by atoms with Gasteiger partial charge in [0.1, 0.15) is 5.75 Å². The van der Waals surface area contributed by atoms with Gasteiger partial charge in [-0.15, -0.1) is 0 Å². The topological polar surface area (TPSA) is 92.3 Å². The number of hydrogen-bond donors (Lipinski definition) is 3. The van der Waals surface area contributed by atoms with Gasteiger partial charge in [0.2, 0.25) is 5.91 Å². The Morgan fingerprint density at radius 3 is 3.11 bits per heavy atom. The molecule has 1 aromatic heterocycles. The number of urea groups is 1. The normalized spacial score (nSPS) is 23.7. The number of nitrogens with one attached hydrogen (secondary N) is 3. The SMILES string of the molecule is COc1ccc2nc(NC(=O)CCCC[C@@H]3SC[C@H]4NC(=O)N[C@@H]34)sc2c1. The Morgan fingerprint density at radius 1 is 1.37 bits per heavy atom. The fraction of sp³-hybridized carbons (Fsp3) is 0.500. The minimum Gasteiger partial charge on any atom is -0.497 e. The van der Waals surface area contributed by atoms with E-state index >= 15 is 0 Å². The number of methoxy groups -OCH3 is 1. The summed E-state index contributed by atoms with van der Waals surface area (Å²) >= 11 is 3.36. The lowest BCUT2D eigenvalue weighted by atomic mass is 10.0. The third-order valence-corrected chi connectivity index (χ3v) is 7.36. The smallest absolute Gasteiger partial charge is 0.315 e. The average Bonchev–Trinajstić information content (AvgIpc) is 3.31. The van der Waals surface area contributed by atoms with Gasteiger partial charge < -0.3 is 20.7 Å². The number of nitrogens with zero attached hydrogens (tertiary/aromatic N) is 1. The number of amides is 3. The summed E-state index contributed by atoms with van der Waals surface area (Å²) in [5.74, 6) is 1.75. The molecular formula is C18H22N4O3S2. The maximum absolute atomic E-state index is 12.2. The molecule has 2 aliphatic heterocycles. The van der Waals surface area contributed by atoms with E-state index in [1.165, 1.54) is 11.3 Å². The Labute approximate surface area is 165 Å². The van der Waals surface area contributed by atoms with Crippen LogP contribution in [0.3, 0.4) is 0 Å². The number of thioether (sulfide) groups is 1. The van der Waals surface area contributed by atoms with Gasteiger partial charge in [0, 0.05) is 17.4 Å². The summed E-state index contributed by atoms with van der Waals surface area (Å²) in [6.07, 6.45) is 3.30. The second kappa shape index (κ2) is 7.93. The Kier molecular flexibility index (Phi) is 5.40. The van der Waals surface area contributed by atoms with E-state index in [1.54, 1.807) is 7.11 Å². The molecule has 1 aromatic carbocycles. The zero-order valence-electron chi connectivity index (χ0n) is 15.0. The van der Waals surface area contributed by atoms with Crippen molar-refractivity contribution in [1.82, 2.24) is 15.6 Å². The van der Waals surface area contributed by atoms with Gasteiger partial charge in [-0.05, 0) is 31.0 Å². The number of fused-ring (bicyclic) bond motifs is 2. The molecule has 0 aliphatic carbocycles. The molecule has 27 heavy (non-hydrogen) atoms. The summed E-state index contributed by atoms with van der Waals surface area (Å²) < 4.78 is 6.21. The van der Waals surface area contributed by atoms with E-state index in [2.05, 4.69) is 20.9 Å². The Morgan fingerprint density at radius 2 is 2.26 bits per heavy atom. The van der Waals surface area contributed by atoms with Crippen molar-refractivity contribution >= 4 is 50.4 Å². The zero-order chi connectivity index (χ0) is 18.8. The molecule has 0 unspecified atom stereocenters. The summed E-state index contributed by atoms with van der Waals surface area (Å²) in [5.41, 5.74) is 0.858. The Bertz CT molecular complexity index is 856. The first-order valence-electron chi connectivity index (χ1n) is 9.05. The second-order valence-electron chi connectivity index (χ2n) is 6.77. The molecule has 0 saturated carbocycles. The predicted octanol–water partition coefficient (Wildman–Crippen LogP) is 2.97. The highest BCUT2D eigenvalue weighted by Crippen LogP contribution is 2.33. The number of benzene rings is 1. The van der Waals surface area contributed by atoms with E-state index in [0.29, 0.717) is 16.8 Å². The molecule has 3 atom stereocenters. The van der Waals surface area contributed by atoms with Gasteiger partial charge in [0.15, 0.2) is 5.13 Å². The van der Waals surface area contributed by atoms with Crippen molar-refractivity contribution in [2.24, 2.45) is 0 Å². The van der Waals surface area contributed by atoms with Crippen molar-refractivity contribution < 1.29 is 14.3 Å². The van der Waals surface area contributed by atoms with Crippen molar-refractivity contribution in [3.63, 3.8) is 0 Å². The number of carbonyl (C=O) groups is 2. The van der Waals surface area contributed by atoms with Crippen molar-refractivity contribution in [1.29, 1.82) is 0 Å². The molecule has 2 fully saturated rings. The van der Waals surface area contributed by atoms with Crippen LogP contribution in [0.5, 0.6) is 5.75 Å². The van der Waals surface area contributed by atoms with Gasteiger partial charge >= 0.3 is 6.03 Å². The van der Waals surface area contributed by atoms with Gasteiger partial charge in [-0.25, -0.2) is 9.78 Å². The van der Waals surface area contributed by atoms with Crippen LogP contribution in [0.4, 0.5) is 9.93 Å². The fourth-order valence-corrected chi connectivity index (χ4v) is 6.00. The Balaban J connectivity index is 1.21. The van der Waals surface area contributed by atoms with Gasteiger partial charge in [0.25, 0.3) is 0 Å². The lowest BCUT2D eigenvalue weighted by molar-refractivity contribution is -0.116. The van der Waals surface area contributed by atoms with E-state index in [-0.39, 0.29) is 24.0 Å². The van der Waals surface area contributed by atoms with E-state index in [1.807, 2.05) is 30.0 Å². The van der Waals surface area contributed by atoms with Crippen LogP contribution >= 0.6 is 23.1 Å². The molecule has 3 N–H and O–H groups in total. The molecule has 9 heteroatoms. The molecule has 4 rings (SSSR count). The summed E-state index contributed by atoms with van der Waals surface area (Å²) in [6.45, 7) is 0. The van der Waals surface area contributed by atoms with Crippen LogP contribution < -0.4 is 20.7 Å². The van der Waals surface area contributed by atoms with Gasteiger partial charge in [-0.3, -0.25) is 4.79 Å². The highest BCUT2D eigenvalue weighted by Gasteiger charge is 2.42. The van der Waals surface area contributed by atoms with Crippen LogP contribution in [-0.2, 0) is 4.79 Å². The molecule has 2 aliphatic rings. The van der Waals surface area contributed by atoms with E-state index in [4.69, 9.17) is 4.74 Å². The molecule has 0 bridgehead atoms. The first-order valence-corrected chi connectivity index (χ1v) is 10.9. The highest BCUT2D eigenvalue weighted by atomic mass is 32.2. The maximum atomic E-state index is 12.2. The summed E-state index contributed by atoms with van der Waals surface area (Å²) in [5, 5.41) is 9.91. The van der Waals surface area contributed by atoms with Crippen LogP contribution in [-0.4, -0.2) is 47.1 Å². The lowest BCUT2D eigenvalue weighted by Gasteiger charge is -2.16. The third-order valence-electron chi connectivity index (χ3n) is 4.92. The summed E-state index contributed by atoms with van der Waals surface area (Å²) in [7, 11) is 1.63. The van der Waals surface area contributed by atoms with Crippen LogP contribution in [0.15, 0.2) is 18.2 Å². The quantitative estimate of drug-likeness (QED) is 0.486. The predicted molar refractivity (Wildman–Crippen MR) is 109 cm³/mol. The van der Waals surface area contributed by atoms with Crippen LogP contribution in [0, 0.1) is 0 Å². The van der Waals surface area contributed by atoms with Crippen LogP contribution in [0.25, 0.3) is 10.2 Å². The molecule has 144 valence electrons. The number of anilines is 1. The highest BCUT2D eigenvalue weighted by molar-refractivity contribution is 8.00. The van der Waals surface area contributed by atoms with Crippen molar-refractivity contribution in [2.75, 3.05) is 18.2 Å². The standard InChI is InChI=1S/C18H22N4O3S2/c1-25-10-6-7-11-14(8-10)27-18(20-11)21-15(23)5-3-2-4-13-16-12(9-26-13)19-17(24)22-16/h6-8,12-13,16H,2-5,9H2,1H3,(H2,19,22,24)(H,20,21,23)/t12-,13+,16-/m1/s1. The molecule has 3 amide bonds. The molecule has 0 spiro atoms. The molecule has 0 radical (unpaired) electrons. The summed E-state index contributed by atoms with van der Waals surface area (Å²) in [6, 6.07) is 6.12. The summed E-state index contributed by atoms with van der Waals surface area (Å²) in [4.78, 5) is 28.0. The number of aromatic nitrogens is 1. The lowest BCUT2D eigenvalue weighted by Crippen LogP contribution is -2.36. The largest absolute Gasteiger partial charge is 0.497 e. The van der Waals surface area contributed by atoms with Crippen molar-refractivity contribution in [2.45, 2.75) is 43.0 Å². The van der Waals surface area contributed by atoms with Gasteiger partial charge in [-0.2, -0.15) is 11.8 Å². The minimum atomic E-state index is -0.0527. The fourth-order valence-electron chi connectivity index (χ4n) is 3.54. The first-order chi connectivity index (χ1) is 13.1. The zero-order valence-corrected chi connectivity index (χ0v) is 16.6. The molecule has 2 aromatic rings. The first kappa shape index (κ1) is 18.4. The van der Waals surface area contributed by atoms with Crippen LogP contribution in [0.2, 0.25) is 0 Å². The molecular weight excluding hydrogens is 384 g/mol. The molecule has 2 saturated heterocycles. The molecule has 3 heterocycles. The number of hydrogen-bond acceptors (Lipinski definition) is 6. The van der Waals surface area contributed by atoms with Crippen LogP contribution in [0.1, 0.15) is 25.7 Å². The average molecular weight is 407 g/mol. The van der Waals surface area contributed by atoms with Crippen molar-refractivity contribution in [3.05, 3.63) is 18.2 Å². The van der Waals surface area contributed by atoms with E-state index in [9.17, 15) is 9.59 Å². The molecule has 7 nitrogen and oxygen atoms in total. The minimum absolute atomic E-state index is 0.00573. The van der Waals surface area contributed by atoms with Gasteiger partial charge in [0.05, 0.1) is 29.4 Å². The Hall–Kier alpha value is -2.00. The third kappa shape index (κ3) is 4.14. The number of thiazole rings is 1. The van der Waals surface area contributed by atoms with Crippen molar-refractivity contribution in [3.8, 4) is 5.75 Å². The van der Waals surface area contributed by atoms with Gasteiger partial charge in [-0.1, -0.05) is 17.8 Å². The number of carbonyl (C=O) groups excluding carboxylic acids is 2. The number of unbranched alkanes of at least 4 members (excludes halogenated alkanes) is 1.